The molecular formula is C17H32N2O. The number of hydrogen-bond acceptors (Lipinski definition) is 2. The summed E-state index contributed by atoms with van der Waals surface area (Å²) in [6.45, 7) is 7.82. The molecule has 0 bridgehead atoms. The first-order chi connectivity index (χ1) is 9.66. The van der Waals surface area contributed by atoms with Crippen molar-refractivity contribution in [3.05, 3.63) is 0 Å². The van der Waals surface area contributed by atoms with Crippen LogP contribution in [0.3, 0.4) is 0 Å². The predicted molar refractivity (Wildman–Crippen MR) is 83.6 cm³/mol. The molecule has 0 radical (unpaired) electrons. The van der Waals surface area contributed by atoms with E-state index in [1.165, 1.54) is 38.5 Å². The maximum Gasteiger partial charge on any atom is 0.222 e. The van der Waals surface area contributed by atoms with Gasteiger partial charge in [-0.3, -0.25) is 4.79 Å². The van der Waals surface area contributed by atoms with Gasteiger partial charge in [0, 0.05) is 19.0 Å². The van der Waals surface area contributed by atoms with Gasteiger partial charge in [-0.15, -0.1) is 0 Å². The number of carbonyl (C=O) groups is 1. The Labute approximate surface area is 124 Å². The number of piperidine rings is 1. The van der Waals surface area contributed by atoms with E-state index in [1.807, 2.05) is 0 Å². The molecule has 2 atom stereocenters. The lowest BCUT2D eigenvalue weighted by atomic mass is 9.94. The minimum Gasteiger partial charge on any atom is -0.340 e. The van der Waals surface area contributed by atoms with Crippen molar-refractivity contribution in [3.8, 4) is 0 Å². The zero-order valence-electron chi connectivity index (χ0n) is 13.4. The number of hydrogen-bond donors (Lipinski definition) is 1. The van der Waals surface area contributed by atoms with Gasteiger partial charge < -0.3 is 10.2 Å². The fraction of sp³-hybridized carbons (Fsp3) is 0.941. The molecule has 1 N–H and O–H groups in total. The van der Waals surface area contributed by atoms with Gasteiger partial charge in [-0.25, -0.2) is 0 Å². The van der Waals surface area contributed by atoms with Crippen LogP contribution in [0.4, 0.5) is 0 Å². The van der Waals surface area contributed by atoms with Gasteiger partial charge in [-0.05, 0) is 69.9 Å². The molecule has 0 aromatic rings. The predicted octanol–water partition coefficient (Wildman–Crippen LogP) is 3.19. The molecule has 2 heterocycles. The van der Waals surface area contributed by atoms with Crippen LogP contribution in [0.15, 0.2) is 0 Å². The summed E-state index contributed by atoms with van der Waals surface area (Å²) in [7, 11) is 0. The Bertz CT molecular complexity index is 297. The van der Waals surface area contributed by atoms with Gasteiger partial charge in [-0.1, -0.05) is 13.8 Å². The summed E-state index contributed by atoms with van der Waals surface area (Å²) in [5, 5.41) is 3.39. The van der Waals surface area contributed by atoms with E-state index in [0.717, 1.165) is 44.3 Å². The maximum atomic E-state index is 12.5. The van der Waals surface area contributed by atoms with Gasteiger partial charge in [-0.2, -0.15) is 0 Å². The van der Waals surface area contributed by atoms with E-state index in [2.05, 4.69) is 24.1 Å². The molecule has 20 heavy (non-hydrogen) atoms. The van der Waals surface area contributed by atoms with E-state index in [0.29, 0.717) is 11.9 Å². The molecule has 0 aromatic heterocycles. The average molecular weight is 280 g/mol. The molecule has 0 saturated carbocycles. The second-order valence-corrected chi connectivity index (χ2v) is 7.11. The van der Waals surface area contributed by atoms with Gasteiger partial charge in [0.15, 0.2) is 0 Å². The van der Waals surface area contributed by atoms with E-state index in [9.17, 15) is 4.79 Å². The van der Waals surface area contributed by atoms with Crippen molar-refractivity contribution in [2.24, 2.45) is 11.8 Å². The first kappa shape index (κ1) is 15.8. The summed E-state index contributed by atoms with van der Waals surface area (Å²) in [5.74, 6) is 1.90. The van der Waals surface area contributed by atoms with Gasteiger partial charge in [0.25, 0.3) is 0 Å². The van der Waals surface area contributed by atoms with Gasteiger partial charge >= 0.3 is 0 Å². The van der Waals surface area contributed by atoms with E-state index in [1.54, 1.807) is 0 Å². The first-order valence-electron chi connectivity index (χ1n) is 8.67. The second kappa shape index (κ2) is 8.02. The van der Waals surface area contributed by atoms with E-state index in [-0.39, 0.29) is 0 Å². The number of nitrogens with one attached hydrogen (secondary N) is 1. The molecule has 2 rings (SSSR count). The summed E-state index contributed by atoms with van der Waals surface area (Å²) in [4.78, 5) is 14.7. The Morgan fingerprint density at radius 2 is 2.10 bits per heavy atom. The lowest BCUT2D eigenvalue weighted by Gasteiger charge is -2.36. The molecule has 3 nitrogen and oxygen atoms in total. The van der Waals surface area contributed by atoms with E-state index in [4.69, 9.17) is 0 Å². The Kier molecular flexibility index (Phi) is 6.34. The highest BCUT2D eigenvalue weighted by Crippen LogP contribution is 2.24. The van der Waals surface area contributed by atoms with Crippen molar-refractivity contribution in [2.45, 2.75) is 71.3 Å². The summed E-state index contributed by atoms with van der Waals surface area (Å²) >= 11 is 0. The smallest absolute Gasteiger partial charge is 0.222 e. The first-order valence-corrected chi connectivity index (χ1v) is 8.67. The van der Waals surface area contributed by atoms with Crippen molar-refractivity contribution in [2.75, 3.05) is 19.6 Å². The highest BCUT2D eigenvalue weighted by molar-refractivity contribution is 5.76. The second-order valence-electron chi connectivity index (χ2n) is 7.11. The van der Waals surface area contributed by atoms with E-state index >= 15 is 0 Å². The quantitative estimate of drug-likeness (QED) is 0.810. The number of nitrogens with zero attached hydrogens (tertiary/aromatic N) is 1. The normalized spacial score (nSPS) is 27.2. The number of carbonyl (C=O) groups excluding carboxylic acids is 1. The Morgan fingerprint density at radius 1 is 1.25 bits per heavy atom. The van der Waals surface area contributed by atoms with Crippen LogP contribution in [0.25, 0.3) is 0 Å². The zero-order chi connectivity index (χ0) is 14.4. The van der Waals surface area contributed by atoms with Crippen LogP contribution in [-0.2, 0) is 4.79 Å². The number of rotatable bonds is 6. The summed E-state index contributed by atoms with van der Waals surface area (Å²) < 4.78 is 0. The third kappa shape index (κ3) is 4.76. The zero-order valence-corrected chi connectivity index (χ0v) is 13.4. The molecule has 116 valence electrons. The van der Waals surface area contributed by atoms with Crippen LogP contribution in [0.5, 0.6) is 0 Å². The number of amides is 1. The Balaban J connectivity index is 1.78. The minimum absolute atomic E-state index is 0.422. The molecule has 1 amide bonds. The van der Waals surface area contributed by atoms with Gasteiger partial charge in [0.05, 0.1) is 0 Å². The number of likely N-dealkylation sites (tertiary alicyclic amines) is 1. The van der Waals surface area contributed by atoms with Crippen molar-refractivity contribution in [1.82, 2.24) is 10.2 Å². The molecule has 3 heteroatoms. The molecule has 0 aromatic carbocycles. The van der Waals surface area contributed by atoms with Crippen LogP contribution in [0.2, 0.25) is 0 Å². The lowest BCUT2D eigenvalue weighted by Crippen LogP contribution is -2.43. The Hall–Kier alpha value is -0.570. The summed E-state index contributed by atoms with van der Waals surface area (Å²) in [6, 6.07) is 0.528. The molecule has 2 saturated heterocycles. The molecule has 2 unspecified atom stereocenters. The van der Waals surface area contributed by atoms with Crippen LogP contribution in [0, 0.1) is 11.8 Å². The molecule has 2 fully saturated rings. The van der Waals surface area contributed by atoms with Gasteiger partial charge in [0.1, 0.15) is 0 Å². The van der Waals surface area contributed by atoms with Crippen molar-refractivity contribution in [1.29, 1.82) is 0 Å². The average Bonchev–Trinajstić information content (AvgIpc) is 2.96. The molecule has 0 spiro atoms. The van der Waals surface area contributed by atoms with Crippen LogP contribution in [0.1, 0.15) is 65.2 Å². The summed E-state index contributed by atoms with van der Waals surface area (Å²) in [6.07, 6.45) is 9.29. The van der Waals surface area contributed by atoms with Crippen LogP contribution in [-0.4, -0.2) is 36.5 Å². The lowest BCUT2D eigenvalue weighted by molar-refractivity contribution is -0.135. The molecule has 2 aliphatic rings. The molecule has 2 aliphatic heterocycles. The van der Waals surface area contributed by atoms with Crippen LogP contribution >= 0.6 is 0 Å². The van der Waals surface area contributed by atoms with Crippen LogP contribution < -0.4 is 5.32 Å². The maximum absolute atomic E-state index is 12.5. The monoisotopic (exact) mass is 280 g/mol. The highest BCUT2D eigenvalue weighted by Gasteiger charge is 2.27. The molecular weight excluding hydrogens is 248 g/mol. The highest BCUT2D eigenvalue weighted by atomic mass is 16.2. The standard InChI is InChI=1S/C17H32N2O/c1-14(2)6-8-16-5-3-4-12-19(16)17(20)9-7-15-10-11-18-13-15/h14-16,18H,3-13H2,1-2H3. The SMILES string of the molecule is CC(C)CCC1CCCCN1C(=O)CCC1CCNC1. The van der Waals surface area contributed by atoms with Crippen molar-refractivity contribution < 1.29 is 4.79 Å². The van der Waals surface area contributed by atoms with Gasteiger partial charge in [0.2, 0.25) is 5.91 Å². The minimum atomic E-state index is 0.422. The fourth-order valence-electron chi connectivity index (χ4n) is 3.59. The summed E-state index contributed by atoms with van der Waals surface area (Å²) in [5.41, 5.74) is 0. The van der Waals surface area contributed by atoms with Crippen molar-refractivity contribution in [3.63, 3.8) is 0 Å². The largest absolute Gasteiger partial charge is 0.340 e. The third-order valence-corrected chi connectivity index (χ3v) is 4.95. The Morgan fingerprint density at radius 3 is 2.80 bits per heavy atom. The fourth-order valence-corrected chi connectivity index (χ4v) is 3.59. The third-order valence-electron chi connectivity index (χ3n) is 4.95. The van der Waals surface area contributed by atoms with E-state index < -0.39 is 0 Å². The van der Waals surface area contributed by atoms with Crippen molar-refractivity contribution >= 4 is 5.91 Å². The molecule has 0 aliphatic carbocycles. The topological polar surface area (TPSA) is 32.3 Å².